The Morgan fingerprint density at radius 3 is 2.71 bits per heavy atom. The lowest BCUT2D eigenvalue weighted by atomic mass is 10.2. The molecule has 0 fully saturated rings. The zero-order valence-electron chi connectivity index (χ0n) is 17.0. The van der Waals surface area contributed by atoms with Crippen LogP contribution in [0.25, 0.3) is 17.2 Å². The Morgan fingerprint density at radius 2 is 1.97 bits per heavy atom. The number of aromatic nitrogens is 5. The lowest BCUT2D eigenvalue weighted by Crippen LogP contribution is -2.15. The Bertz CT molecular complexity index is 1180. The highest BCUT2D eigenvalue weighted by Crippen LogP contribution is 2.28. The van der Waals surface area contributed by atoms with Gasteiger partial charge in [0.05, 0.1) is 24.7 Å². The molecule has 2 heterocycles. The maximum Gasteiger partial charge on any atom is 0.234 e. The van der Waals surface area contributed by atoms with Crippen molar-refractivity contribution in [3.8, 4) is 23.0 Å². The van der Waals surface area contributed by atoms with Gasteiger partial charge in [-0.15, -0.1) is 10.2 Å². The van der Waals surface area contributed by atoms with Crippen molar-refractivity contribution < 1.29 is 9.53 Å². The normalized spacial score (nSPS) is 10.6. The number of hydrogen-bond acceptors (Lipinski definition) is 7. The first-order chi connectivity index (χ1) is 15.2. The molecular formula is C22H20N6O2S. The zero-order valence-corrected chi connectivity index (χ0v) is 17.8. The van der Waals surface area contributed by atoms with Gasteiger partial charge >= 0.3 is 0 Å². The summed E-state index contributed by atoms with van der Waals surface area (Å²) in [5, 5.41) is 12.1. The third kappa shape index (κ3) is 4.72. The van der Waals surface area contributed by atoms with Crippen molar-refractivity contribution >= 4 is 23.4 Å². The van der Waals surface area contributed by atoms with Gasteiger partial charge in [-0.05, 0) is 36.8 Å². The molecule has 4 rings (SSSR count). The molecule has 1 N–H and O–H groups in total. The number of carbonyl (C=O) groups is 1. The Hall–Kier alpha value is -3.72. The Labute approximate surface area is 183 Å². The third-order valence-corrected chi connectivity index (χ3v) is 5.33. The summed E-state index contributed by atoms with van der Waals surface area (Å²) in [6.45, 7) is 1.96. The molecular weight excluding hydrogens is 412 g/mol. The molecule has 0 bridgehead atoms. The number of carbonyl (C=O) groups excluding carboxylic acids is 1. The van der Waals surface area contributed by atoms with Crippen molar-refractivity contribution in [2.75, 3.05) is 18.2 Å². The fourth-order valence-corrected chi connectivity index (χ4v) is 3.74. The summed E-state index contributed by atoms with van der Waals surface area (Å²) in [7, 11) is 1.57. The van der Waals surface area contributed by atoms with Crippen molar-refractivity contribution in [2.24, 2.45) is 0 Å². The van der Waals surface area contributed by atoms with Gasteiger partial charge in [0, 0.05) is 18.1 Å². The summed E-state index contributed by atoms with van der Waals surface area (Å²) in [6.07, 6.45) is 4.84. The summed E-state index contributed by atoms with van der Waals surface area (Å²) in [5.41, 5.74) is 3.13. The highest BCUT2D eigenvalue weighted by atomic mass is 32.2. The minimum absolute atomic E-state index is 0.155. The second-order valence-corrected chi connectivity index (χ2v) is 7.55. The molecule has 8 nitrogen and oxygen atoms in total. The van der Waals surface area contributed by atoms with E-state index in [0.29, 0.717) is 28.1 Å². The number of rotatable bonds is 7. The Balaban J connectivity index is 1.57. The first kappa shape index (κ1) is 20.5. The van der Waals surface area contributed by atoms with Gasteiger partial charge in [0.1, 0.15) is 11.4 Å². The number of ether oxygens (including phenoxy) is 1. The molecule has 1 amide bonds. The predicted octanol–water partition coefficient (Wildman–Crippen LogP) is 3.77. The topological polar surface area (TPSA) is 94.8 Å². The number of nitrogens with zero attached hydrogens (tertiary/aromatic N) is 5. The number of anilines is 1. The molecule has 156 valence electrons. The van der Waals surface area contributed by atoms with E-state index in [1.54, 1.807) is 25.7 Å². The molecule has 4 aromatic rings. The average Bonchev–Trinajstić information content (AvgIpc) is 3.23. The van der Waals surface area contributed by atoms with Crippen LogP contribution < -0.4 is 10.1 Å². The zero-order chi connectivity index (χ0) is 21.6. The lowest BCUT2D eigenvalue weighted by Gasteiger charge is -2.12. The molecule has 0 saturated carbocycles. The fraction of sp³-hybridized carbons (Fsp3) is 0.136. The number of thioether (sulfide) groups is 1. The second kappa shape index (κ2) is 9.40. The van der Waals surface area contributed by atoms with Crippen molar-refractivity contribution in [1.82, 2.24) is 24.7 Å². The quantitative estimate of drug-likeness (QED) is 0.444. The molecule has 0 unspecified atom stereocenters. The fourth-order valence-electron chi connectivity index (χ4n) is 2.99. The van der Waals surface area contributed by atoms with Crippen molar-refractivity contribution in [2.45, 2.75) is 12.1 Å². The van der Waals surface area contributed by atoms with Gasteiger partial charge in [-0.2, -0.15) is 0 Å². The van der Waals surface area contributed by atoms with Crippen molar-refractivity contribution in [3.05, 3.63) is 72.7 Å². The van der Waals surface area contributed by atoms with E-state index in [1.165, 1.54) is 11.8 Å². The van der Waals surface area contributed by atoms with Crippen LogP contribution in [-0.2, 0) is 4.79 Å². The molecule has 2 aromatic heterocycles. The molecule has 0 saturated heterocycles. The van der Waals surface area contributed by atoms with E-state index in [4.69, 9.17) is 4.74 Å². The Kier molecular flexibility index (Phi) is 6.23. The molecule has 0 radical (unpaired) electrons. The first-order valence-electron chi connectivity index (χ1n) is 9.50. The SMILES string of the molecule is COc1ccc(C)cc1NC(=O)CSc1nnc(-c2cnccn2)n1-c1ccccc1. The lowest BCUT2D eigenvalue weighted by molar-refractivity contribution is -0.113. The van der Waals surface area contributed by atoms with E-state index in [2.05, 4.69) is 25.5 Å². The van der Waals surface area contributed by atoms with E-state index in [0.717, 1.165) is 11.3 Å². The highest BCUT2D eigenvalue weighted by molar-refractivity contribution is 7.99. The van der Waals surface area contributed by atoms with Crippen molar-refractivity contribution in [3.63, 3.8) is 0 Å². The maximum atomic E-state index is 12.6. The number of benzene rings is 2. The van der Waals surface area contributed by atoms with Gasteiger partial charge in [-0.1, -0.05) is 36.0 Å². The third-order valence-electron chi connectivity index (χ3n) is 4.40. The smallest absolute Gasteiger partial charge is 0.234 e. The van der Waals surface area contributed by atoms with Crippen LogP contribution in [0.2, 0.25) is 0 Å². The minimum Gasteiger partial charge on any atom is -0.495 e. The van der Waals surface area contributed by atoms with E-state index >= 15 is 0 Å². The average molecular weight is 433 g/mol. The van der Waals surface area contributed by atoms with Gasteiger partial charge in [-0.25, -0.2) is 4.98 Å². The molecule has 2 aromatic carbocycles. The summed E-state index contributed by atoms with van der Waals surface area (Å²) in [4.78, 5) is 21.1. The van der Waals surface area contributed by atoms with Gasteiger partial charge < -0.3 is 10.1 Å². The van der Waals surface area contributed by atoms with Gasteiger partial charge in [-0.3, -0.25) is 14.3 Å². The standard InChI is InChI=1S/C22H20N6O2S/c1-15-8-9-19(30-2)17(12-15)25-20(29)14-31-22-27-26-21(18-13-23-10-11-24-18)28(22)16-6-4-3-5-7-16/h3-13H,14H2,1-2H3,(H,25,29). The van der Waals surface area contributed by atoms with Crippen LogP contribution in [-0.4, -0.2) is 43.5 Å². The monoisotopic (exact) mass is 432 g/mol. The van der Waals surface area contributed by atoms with Crippen LogP contribution in [0.3, 0.4) is 0 Å². The minimum atomic E-state index is -0.169. The van der Waals surface area contributed by atoms with Gasteiger partial charge in [0.25, 0.3) is 0 Å². The number of nitrogens with one attached hydrogen (secondary N) is 1. The summed E-state index contributed by atoms with van der Waals surface area (Å²) >= 11 is 1.29. The van der Waals surface area contributed by atoms with E-state index in [-0.39, 0.29) is 11.7 Å². The van der Waals surface area contributed by atoms with Crippen molar-refractivity contribution in [1.29, 1.82) is 0 Å². The van der Waals surface area contributed by atoms with E-state index in [9.17, 15) is 4.79 Å². The predicted molar refractivity (Wildman–Crippen MR) is 119 cm³/mol. The number of hydrogen-bond donors (Lipinski definition) is 1. The number of methoxy groups -OCH3 is 1. The van der Waals surface area contributed by atoms with Crippen LogP contribution in [0.4, 0.5) is 5.69 Å². The second-order valence-electron chi connectivity index (χ2n) is 6.61. The molecule has 9 heteroatoms. The summed E-state index contributed by atoms with van der Waals surface area (Å²) < 4.78 is 7.20. The van der Waals surface area contributed by atoms with Crippen LogP contribution >= 0.6 is 11.8 Å². The van der Waals surface area contributed by atoms with Gasteiger partial charge in [0.2, 0.25) is 5.91 Å². The van der Waals surface area contributed by atoms with E-state index < -0.39 is 0 Å². The van der Waals surface area contributed by atoms with Crippen LogP contribution in [0.1, 0.15) is 5.56 Å². The maximum absolute atomic E-state index is 12.6. The largest absolute Gasteiger partial charge is 0.495 e. The number of amides is 1. The molecule has 0 aliphatic heterocycles. The van der Waals surface area contributed by atoms with Gasteiger partial charge in [0.15, 0.2) is 11.0 Å². The summed E-state index contributed by atoms with van der Waals surface area (Å²) in [5.74, 6) is 1.16. The Morgan fingerprint density at radius 1 is 1.13 bits per heavy atom. The first-order valence-corrected chi connectivity index (χ1v) is 10.5. The highest BCUT2D eigenvalue weighted by Gasteiger charge is 2.18. The van der Waals surface area contributed by atoms with Crippen LogP contribution in [0.15, 0.2) is 72.3 Å². The molecule has 31 heavy (non-hydrogen) atoms. The molecule has 0 aliphatic carbocycles. The molecule has 0 atom stereocenters. The molecule has 0 spiro atoms. The van der Waals surface area contributed by atoms with Crippen LogP contribution in [0.5, 0.6) is 5.75 Å². The number of para-hydroxylation sites is 1. The summed E-state index contributed by atoms with van der Waals surface area (Å²) in [6, 6.07) is 15.3. The number of aryl methyl sites for hydroxylation is 1. The van der Waals surface area contributed by atoms with E-state index in [1.807, 2.05) is 60.0 Å². The molecule has 0 aliphatic rings. The van der Waals surface area contributed by atoms with Crippen LogP contribution in [0, 0.1) is 6.92 Å².